The van der Waals surface area contributed by atoms with E-state index < -0.39 is 0 Å². The van der Waals surface area contributed by atoms with Crippen molar-refractivity contribution >= 4 is 29.9 Å². The normalized spacial score (nSPS) is 11.1. The van der Waals surface area contributed by atoms with Crippen molar-refractivity contribution in [3.63, 3.8) is 0 Å². The lowest BCUT2D eigenvalue weighted by atomic mass is 10.1. The summed E-state index contributed by atoms with van der Waals surface area (Å²) in [5, 5.41) is 10.6. The van der Waals surface area contributed by atoms with Gasteiger partial charge in [-0.3, -0.25) is 9.98 Å². The van der Waals surface area contributed by atoms with E-state index in [1.165, 1.54) is 0 Å². The van der Waals surface area contributed by atoms with Crippen LogP contribution in [0.2, 0.25) is 0 Å². The average Bonchev–Trinajstić information content (AvgIpc) is 3.29. The van der Waals surface area contributed by atoms with Crippen LogP contribution in [0.3, 0.4) is 0 Å². The maximum atomic E-state index is 5.91. The van der Waals surface area contributed by atoms with Crippen LogP contribution in [0.5, 0.6) is 5.75 Å². The lowest BCUT2D eigenvalue weighted by Crippen LogP contribution is -2.38. The molecule has 2 N–H and O–H groups in total. The fraction of sp³-hybridized carbons (Fsp3) is 0.391. The number of guanidine groups is 1. The third-order valence-corrected chi connectivity index (χ3v) is 4.58. The Morgan fingerprint density at radius 3 is 2.79 bits per heavy atom. The molecule has 0 aliphatic rings. The zero-order chi connectivity index (χ0) is 22.6. The lowest BCUT2D eigenvalue weighted by molar-refractivity contribution is 0.110. The van der Waals surface area contributed by atoms with Crippen LogP contribution in [0.1, 0.15) is 23.9 Å². The summed E-state index contributed by atoms with van der Waals surface area (Å²) >= 11 is 0. The summed E-state index contributed by atoms with van der Waals surface area (Å²) in [6.07, 6.45) is 2.28. The summed E-state index contributed by atoms with van der Waals surface area (Å²) < 4.78 is 16.6. The van der Waals surface area contributed by atoms with Gasteiger partial charge in [-0.1, -0.05) is 23.4 Å². The van der Waals surface area contributed by atoms with Gasteiger partial charge in [-0.25, -0.2) is 0 Å². The predicted octanol–water partition coefficient (Wildman–Crippen LogP) is 3.38. The first-order chi connectivity index (χ1) is 15.7. The second kappa shape index (κ2) is 14.4. The first-order valence-corrected chi connectivity index (χ1v) is 10.7. The van der Waals surface area contributed by atoms with Gasteiger partial charge in [-0.15, -0.1) is 24.0 Å². The summed E-state index contributed by atoms with van der Waals surface area (Å²) in [6, 6.07) is 11.7. The fourth-order valence-electron chi connectivity index (χ4n) is 2.94. The largest absolute Gasteiger partial charge is 0.491 e. The Labute approximate surface area is 211 Å². The van der Waals surface area contributed by atoms with Gasteiger partial charge in [0.2, 0.25) is 0 Å². The van der Waals surface area contributed by atoms with E-state index in [9.17, 15) is 0 Å². The van der Waals surface area contributed by atoms with Crippen LogP contribution in [-0.4, -0.2) is 54.5 Å². The molecule has 0 saturated heterocycles. The van der Waals surface area contributed by atoms with Gasteiger partial charge in [-0.05, 0) is 37.6 Å². The van der Waals surface area contributed by atoms with E-state index in [0.717, 1.165) is 16.9 Å². The average molecular weight is 566 g/mol. The molecule has 0 spiro atoms. The number of nitrogens with one attached hydrogen (secondary N) is 2. The summed E-state index contributed by atoms with van der Waals surface area (Å²) in [5.74, 6) is 2.55. The SMILES string of the molecule is CCOCCOc1cc(C)ccc1CNC(=NC)NCCc1noc(-c2ccccn2)n1.I. The molecule has 2 aromatic heterocycles. The van der Waals surface area contributed by atoms with Crippen LogP contribution in [0, 0.1) is 6.92 Å². The van der Waals surface area contributed by atoms with Crippen LogP contribution >= 0.6 is 24.0 Å². The molecule has 0 aliphatic carbocycles. The highest BCUT2D eigenvalue weighted by atomic mass is 127. The summed E-state index contributed by atoms with van der Waals surface area (Å²) in [4.78, 5) is 12.9. The molecule has 10 heteroatoms. The highest BCUT2D eigenvalue weighted by Gasteiger charge is 2.10. The Morgan fingerprint density at radius 2 is 2.03 bits per heavy atom. The highest BCUT2D eigenvalue weighted by Crippen LogP contribution is 2.20. The number of aryl methyl sites for hydroxylation is 1. The standard InChI is InChI=1S/C23H30N6O3.HI/c1-4-30-13-14-31-20-15-17(2)8-9-18(20)16-27-23(24-3)26-12-10-21-28-22(32-29-21)19-7-5-6-11-25-19;/h5-9,11,15H,4,10,12-14,16H2,1-3H3,(H2,24,26,27);1H. The molecule has 178 valence electrons. The third kappa shape index (κ3) is 8.61. The molecule has 33 heavy (non-hydrogen) atoms. The maximum Gasteiger partial charge on any atom is 0.276 e. The van der Waals surface area contributed by atoms with E-state index >= 15 is 0 Å². The minimum absolute atomic E-state index is 0. The first-order valence-electron chi connectivity index (χ1n) is 10.7. The van der Waals surface area contributed by atoms with Crippen LogP contribution in [-0.2, 0) is 17.7 Å². The van der Waals surface area contributed by atoms with Crippen LogP contribution < -0.4 is 15.4 Å². The van der Waals surface area contributed by atoms with E-state index in [1.54, 1.807) is 13.2 Å². The maximum absolute atomic E-state index is 5.91. The van der Waals surface area contributed by atoms with Crippen molar-refractivity contribution in [2.45, 2.75) is 26.8 Å². The minimum atomic E-state index is 0. The van der Waals surface area contributed by atoms with Crippen molar-refractivity contribution < 1.29 is 14.0 Å². The number of benzene rings is 1. The van der Waals surface area contributed by atoms with Gasteiger partial charge >= 0.3 is 0 Å². The van der Waals surface area contributed by atoms with Crippen molar-refractivity contribution in [2.75, 3.05) is 33.4 Å². The Balaban J connectivity index is 0.00000385. The first kappa shape index (κ1) is 26.5. The molecular weight excluding hydrogens is 535 g/mol. The molecule has 0 bridgehead atoms. The topological polar surface area (TPSA) is 107 Å². The van der Waals surface area contributed by atoms with Crippen LogP contribution in [0.15, 0.2) is 52.1 Å². The molecule has 0 atom stereocenters. The fourth-order valence-corrected chi connectivity index (χ4v) is 2.94. The van der Waals surface area contributed by atoms with E-state index in [-0.39, 0.29) is 24.0 Å². The van der Waals surface area contributed by atoms with Gasteiger partial charge in [0, 0.05) is 44.9 Å². The molecule has 9 nitrogen and oxygen atoms in total. The molecule has 3 aromatic rings. The third-order valence-electron chi connectivity index (χ3n) is 4.58. The summed E-state index contributed by atoms with van der Waals surface area (Å²) in [6.45, 7) is 6.97. The molecule has 0 unspecified atom stereocenters. The Kier molecular flexibility index (Phi) is 11.6. The van der Waals surface area contributed by atoms with Crippen LogP contribution in [0.4, 0.5) is 0 Å². The number of ether oxygens (including phenoxy) is 2. The molecule has 3 rings (SSSR count). The number of aromatic nitrogens is 3. The molecule has 0 radical (unpaired) electrons. The molecular formula is C23H31IN6O3. The van der Waals surface area contributed by atoms with Gasteiger partial charge in [0.15, 0.2) is 11.8 Å². The predicted molar refractivity (Wildman–Crippen MR) is 138 cm³/mol. The number of hydrogen-bond donors (Lipinski definition) is 2. The van der Waals surface area contributed by atoms with Crippen molar-refractivity contribution in [3.05, 3.63) is 59.5 Å². The molecule has 2 heterocycles. The Morgan fingerprint density at radius 1 is 1.15 bits per heavy atom. The number of rotatable bonds is 11. The Hall–Kier alpha value is -2.73. The van der Waals surface area contributed by atoms with Crippen molar-refractivity contribution in [3.8, 4) is 17.3 Å². The minimum Gasteiger partial charge on any atom is -0.491 e. The second-order valence-corrected chi connectivity index (χ2v) is 6.99. The smallest absolute Gasteiger partial charge is 0.276 e. The van der Waals surface area contributed by atoms with Crippen LogP contribution in [0.25, 0.3) is 11.6 Å². The highest BCUT2D eigenvalue weighted by molar-refractivity contribution is 14.0. The zero-order valence-electron chi connectivity index (χ0n) is 19.2. The zero-order valence-corrected chi connectivity index (χ0v) is 21.5. The number of pyridine rings is 1. The summed E-state index contributed by atoms with van der Waals surface area (Å²) in [7, 11) is 1.73. The number of aliphatic imine (C=N–C) groups is 1. The lowest BCUT2D eigenvalue weighted by Gasteiger charge is -2.15. The van der Waals surface area contributed by atoms with Gasteiger partial charge in [-0.2, -0.15) is 4.98 Å². The summed E-state index contributed by atoms with van der Waals surface area (Å²) in [5.41, 5.74) is 2.86. The monoisotopic (exact) mass is 566 g/mol. The second-order valence-electron chi connectivity index (χ2n) is 6.99. The number of nitrogens with zero attached hydrogens (tertiary/aromatic N) is 4. The number of halogens is 1. The molecule has 0 saturated carbocycles. The van der Waals surface area contributed by atoms with E-state index in [1.807, 2.05) is 38.1 Å². The molecule has 0 amide bonds. The van der Waals surface area contributed by atoms with Gasteiger partial charge in [0.05, 0.1) is 6.61 Å². The molecule has 0 fully saturated rings. The molecule has 0 aliphatic heterocycles. The number of hydrogen-bond acceptors (Lipinski definition) is 7. The Bertz CT molecular complexity index is 997. The van der Waals surface area contributed by atoms with Crippen molar-refractivity contribution in [2.24, 2.45) is 4.99 Å². The van der Waals surface area contributed by atoms with Crippen molar-refractivity contribution in [1.82, 2.24) is 25.8 Å². The van der Waals surface area contributed by atoms with E-state index in [4.69, 9.17) is 14.0 Å². The van der Waals surface area contributed by atoms with Gasteiger partial charge in [0.25, 0.3) is 5.89 Å². The van der Waals surface area contributed by atoms with E-state index in [0.29, 0.717) is 62.7 Å². The van der Waals surface area contributed by atoms with Gasteiger partial charge in [0.1, 0.15) is 18.1 Å². The van der Waals surface area contributed by atoms with Crippen molar-refractivity contribution in [1.29, 1.82) is 0 Å². The van der Waals surface area contributed by atoms with Gasteiger partial charge < -0.3 is 24.6 Å². The van der Waals surface area contributed by atoms with E-state index in [2.05, 4.69) is 42.9 Å². The quantitative estimate of drug-likeness (QED) is 0.158. The molecule has 1 aromatic carbocycles.